The van der Waals surface area contributed by atoms with E-state index < -0.39 is 6.23 Å². The van der Waals surface area contributed by atoms with E-state index in [-0.39, 0.29) is 11.9 Å². The number of piperazine rings is 1. The Morgan fingerprint density at radius 3 is 2.82 bits per heavy atom. The maximum atomic E-state index is 14.4. The number of rotatable bonds is 8. The van der Waals surface area contributed by atoms with Gasteiger partial charge in [-0.05, 0) is 58.0 Å². The molecule has 0 bridgehead atoms. The SMILES string of the molecule is C=CC(O)N1CCN(c2nc(OC[C@@H]3CCCN3C)nc3c2CCN(c2cccc(F)c2C)C3)CC1CC#N. The summed E-state index contributed by atoms with van der Waals surface area (Å²) >= 11 is 0. The number of halogens is 1. The van der Waals surface area contributed by atoms with Gasteiger partial charge in [0.05, 0.1) is 24.7 Å². The fourth-order valence-corrected chi connectivity index (χ4v) is 6.05. The number of likely N-dealkylation sites (N-methyl/N-ethyl adjacent to an activating group) is 1. The van der Waals surface area contributed by atoms with Crippen molar-refractivity contribution < 1.29 is 14.2 Å². The van der Waals surface area contributed by atoms with Crippen LogP contribution in [0.5, 0.6) is 6.01 Å². The van der Waals surface area contributed by atoms with Crippen molar-refractivity contribution in [1.82, 2.24) is 19.8 Å². The molecule has 0 radical (unpaired) electrons. The molecule has 3 aliphatic rings. The molecule has 1 aromatic heterocycles. The summed E-state index contributed by atoms with van der Waals surface area (Å²) in [5.41, 5.74) is 3.46. The molecule has 0 aliphatic carbocycles. The summed E-state index contributed by atoms with van der Waals surface area (Å²) < 4.78 is 20.6. The average Bonchev–Trinajstić information content (AvgIpc) is 3.36. The van der Waals surface area contributed by atoms with Crippen LogP contribution in [-0.2, 0) is 13.0 Å². The van der Waals surface area contributed by atoms with E-state index in [9.17, 15) is 14.8 Å². The van der Waals surface area contributed by atoms with Gasteiger partial charge in [0, 0.05) is 55.1 Å². The largest absolute Gasteiger partial charge is 0.462 e. The average molecular weight is 536 g/mol. The van der Waals surface area contributed by atoms with E-state index in [1.54, 1.807) is 6.07 Å². The summed E-state index contributed by atoms with van der Waals surface area (Å²) in [4.78, 5) is 18.4. The van der Waals surface area contributed by atoms with E-state index in [0.717, 1.165) is 48.7 Å². The van der Waals surface area contributed by atoms with Gasteiger partial charge in [-0.25, -0.2) is 4.39 Å². The maximum Gasteiger partial charge on any atom is 0.318 e. The maximum absolute atomic E-state index is 14.4. The van der Waals surface area contributed by atoms with E-state index in [1.807, 2.05) is 17.9 Å². The Morgan fingerprint density at radius 2 is 2.08 bits per heavy atom. The molecule has 2 saturated heterocycles. The van der Waals surface area contributed by atoms with Crippen LogP contribution >= 0.6 is 0 Å². The lowest BCUT2D eigenvalue weighted by Crippen LogP contribution is -2.56. The number of hydrogen-bond donors (Lipinski definition) is 1. The molecule has 3 aliphatic heterocycles. The third-order valence-electron chi connectivity index (χ3n) is 8.38. The number of aliphatic hydroxyl groups excluding tert-OH is 1. The van der Waals surface area contributed by atoms with Gasteiger partial charge in [0.25, 0.3) is 0 Å². The molecule has 10 heteroatoms. The molecule has 9 nitrogen and oxygen atoms in total. The first-order chi connectivity index (χ1) is 18.9. The zero-order chi connectivity index (χ0) is 27.5. The van der Waals surface area contributed by atoms with E-state index in [1.165, 1.54) is 12.1 Å². The van der Waals surface area contributed by atoms with Crippen LogP contribution in [0.2, 0.25) is 0 Å². The zero-order valence-electron chi connectivity index (χ0n) is 22.9. The molecule has 208 valence electrons. The summed E-state index contributed by atoms with van der Waals surface area (Å²) in [5, 5.41) is 19.9. The third kappa shape index (κ3) is 5.71. The van der Waals surface area contributed by atoms with E-state index in [4.69, 9.17) is 14.7 Å². The highest BCUT2D eigenvalue weighted by Gasteiger charge is 2.34. The lowest BCUT2D eigenvalue weighted by Gasteiger charge is -2.43. The van der Waals surface area contributed by atoms with Gasteiger partial charge in [0.15, 0.2) is 0 Å². The van der Waals surface area contributed by atoms with Crippen molar-refractivity contribution in [2.45, 2.75) is 57.5 Å². The molecule has 1 N–H and O–H groups in total. The molecule has 2 fully saturated rings. The van der Waals surface area contributed by atoms with Gasteiger partial charge in [0.1, 0.15) is 24.5 Å². The van der Waals surface area contributed by atoms with Crippen molar-refractivity contribution in [3.8, 4) is 12.1 Å². The summed E-state index contributed by atoms with van der Waals surface area (Å²) in [6.07, 6.45) is 3.95. The van der Waals surface area contributed by atoms with Crippen LogP contribution in [0.3, 0.4) is 0 Å². The minimum atomic E-state index is -0.796. The molecule has 39 heavy (non-hydrogen) atoms. The Labute approximate surface area is 230 Å². The Morgan fingerprint density at radius 1 is 1.23 bits per heavy atom. The van der Waals surface area contributed by atoms with Crippen LogP contribution in [-0.4, -0.2) is 89.6 Å². The van der Waals surface area contributed by atoms with E-state index in [2.05, 4.69) is 34.4 Å². The van der Waals surface area contributed by atoms with Crippen molar-refractivity contribution >= 4 is 11.5 Å². The van der Waals surface area contributed by atoms with Crippen LogP contribution in [0, 0.1) is 24.1 Å². The second kappa shape index (κ2) is 11.9. The molecule has 1 aromatic carbocycles. The number of hydrogen-bond acceptors (Lipinski definition) is 9. The van der Waals surface area contributed by atoms with Crippen molar-refractivity contribution in [3.63, 3.8) is 0 Å². The molecular formula is C29H38FN7O2. The molecule has 2 unspecified atom stereocenters. The van der Waals surface area contributed by atoms with Crippen LogP contribution in [0.4, 0.5) is 15.9 Å². The number of likely N-dealkylation sites (tertiary alicyclic amines) is 1. The number of fused-ring (bicyclic) bond motifs is 1. The first-order valence-corrected chi connectivity index (χ1v) is 13.8. The number of nitrogens with zero attached hydrogens (tertiary/aromatic N) is 7. The molecular weight excluding hydrogens is 497 g/mol. The number of aliphatic hydroxyl groups is 1. The summed E-state index contributed by atoms with van der Waals surface area (Å²) in [7, 11) is 2.12. The molecule has 0 saturated carbocycles. The fraction of sp³-hybridized carbons (Fsp3) is 0.552. The summed E-state index contributed by atoms with van der Waals surface area (Å²) in [5.74, 6) is 0.621. The fourth-order valence-electron chi connectivity index (χ4n) is 6.05. The quantitative estimate of drug-likeness (QED) is 0.513. The van der Waals surface area contributed by atoms with Crippen LogP contribution < -0.4 is 14.5 Å². The van der Waals surface area contributed by atoms with Crippen molar-refractivity contribution in [1.29, 1.82) is 5.26 Å². The smallest absolute Gasteiger partial charge is 0.318 e. The molecule has 4 heterocycles. The summed E-state index contributed by atoms with van der Waals surface area (Å²) in [6.45, 7) is 10.2. The number of aromatic nitrogens is 2. The normalized spacial score (nSPS) is 22.8. The highest BCUT2D eigenvalue weighted by molar-refractivity contribution is 5.58. The molecule has 3 atom stereocenters. The van der Waals surface area contributed by atoms with Crippen molar-refractivity contribution in [3.05, 3.63) is 53.5 Å². The molecule has 0 spiro atoms. The topological polar surface area (TPSA) is 92.0 Å². The van der Waals surface area contributed by atoms with E-state index in [0.29, 0.717) is 63.2 Å². The standard InChI is InChI=1S/C29H38FN7O2/c1-4-27(38)37-16-15-36(17-21(37)10-12-31)28-23-11-14-35(26-9-5-8-24(30)20(26)2)18-25(23)32-29(33-28)39-19-22-7-6-13-34(22)3/h4-5,8-9,21-22,27,38H,1,6-7,10-11,13-19H2,2-3H3/t21?,22-,27?/m0/s1. The van der Waals surface area contributed by atoms with Gasteiger partial charge in [-0.1, -0.05) is 12.6 Å². The highest BCUT2D eigenvalue weighted by atomic mass is 19.1. The van der Waals surface area contributed by atoms with Crippen LogP contribution in [0.25, 0.3) is 0 Å². The highest BCUT2D eigenvalue weighted by Crippen LogP contribution is 2.34. The number of benzene rings is 1. The predicted octanol–water partition coefficient (Wildman–Crippen LogP) is 2.87. The van der Waals surface area contributed by atoms with Crippen molar-refractivity contribution in [2.75, 3.05) is 56.2 Å². The number of ether oxygens (including phenoxy) is 1. The summed E-state index contributed by atoms with van der Waals surface area (Å²) in [6, 6.07) is 7.99. The van der Waals surface area contributed by atoms with Gasteiger partial charge >= 0.3 is 6.01 Å². The minimum absolute atomic E-state index is 0.158. The number of anilines is 2. The van der Waals surface area contributed by atoms with Crippen LogP contribution in [0.1, 0.15) is 36.1 Å². The Bertz CT molecular complexity index is 1230. The van der Waals surface area contributed by atoms with Gasteiger partial charge < -0.3 is 24.5 Å². The number of nitriles is 1. The second-order valence-electron chi connectivity index (χ2n) is 10.7. The minimum Gasteiger partial charge on any atom is -0.462 e. The van der Waals surface area contributed by atoms with E-state index >= 15 is 0 Å². The Kier molecular flexibility index (Phi) is 8.31. The van der Waals surface area contributed by atoms with Gasteiger partial charge in [-0.3, -0.25) is 4.90 Å². The monoisotopic (exact) mass is 535 g/mol. The predicted molar refractivity (Wildman–Crippen MR) is 148 cm³/mol. The van der Waals surface area contributed by atoms with Crippen LogP contribution in [0.15, 0.2) is 30.9 Å². The molecule has 2 aromatic rings. The first kappa shape index (κ1) is 27.3. The molecule has 5 rings (SSSR count). The lowest BCUT2D eigenvalue weighted by atomic mass is 10.0. The lowest BCUT2D eigenvalue weighted by molar-refractivity contribution is 0.00431. The molecule has 0 amide bonds. The Balaban J connectivity index is 1.45. The zero-order valence-corrected chi connectivity index (χ0v) is 22.9. The third-order valence-corrected chi connectivity index (χ3v) is 8.38. The first-order valence-electron chi connectivity index (χ1n) is 13.8. The van der Waals surface area contributed by atoms with Gasteiger partial charge in [0.2, 0.25) is 0 Å². The second-order valence-corrected chi connectivity index (χ2v) is 10.7. The van der Waals surface area contributed by atoms with Gasteiger partial charge in [-0.2, -0.15) is 15.2 Å². The van der Waals surface area contributed by atoms with Gasteiger partial charge in [-0.15, -0.1) is 0 Å². The van der Waals surface area contributed by atoms with Crippen molar-refractivity contribution in [2.24, 2.45) is 0 Å². The Hall–Kier alpha value is -3.26.